The van der Waals surface area contributed by atoms with E-state index in [1.165, 1.54) is 64.6 Å². The van der Waals surface area contributed by atoms with Gasteiger partial charge >= 0.3 is 0 Å². The van der Waals surface area contributed by atoms with Crippen molar-refractivity contribution < 1.29 is 0 Å². The Balaban J connectivity index is 1.82. The highest BCUT2D eigenvalue weighted by molar-refractivity contribution is 4.87. The molecular weight excluding hydrogens is 258 g/mol. The van der Waals surface area contributed by atoms with Crippen molar-refractivity contribution in [3.63, 3.8) is 0 Å². The van der Waals surface area contributed by atoms with Gasteiger partial charge in [-0.25, -0.2) is 0 Å². The minimum Gasteiger partial charge on any atom is -0.317 e. The van der Waals surface area contributed by atoms with Crippen LogP contribution in [0.3, 0.4) is 0 Å². The highest BCUT2D eigenvalue weighted by Gasteiger charge is 2.31. The van der Waals surface area contributed by atoms with Crippen molar-refractivity contribution in [2.45, 2.75) is 64.0 Å². The molecule has 0 spiro atoms. The predicted molar refractivity (Wildman–Crippen MR) is 91.7 cm³/mol. The SMILES string of the molecule is CCCC1CCC(NC)C(CN(C)CC2CCCN2C)C1. The van der Waals surface area contributed by atoms with E-state index in [0.717, 1.165) is 23.9 Å². The van der Waals surface area contributed by atoms with Crippen LogP contribution in [-0.4, -0.2) is 62.7 Å². The minimum atomic E-state index is 0.738. The lowest BCUT2D eigenvalue weighted by molar-refractivity contribution is 0.136. The average molecular weight is 296 g/mol. The number of nitrogens with one attached hydrogen (secondary N) is 1. The van der Waals surface area contributed by atoms with Crippen LogP contribution in [0.5, 0.6) is 0 Å². The number of hydrogen-bond acceptors (Lipinski definition) is 3. The summed E-state index contributed by atoms with van der Waals surface area (Å²) >= 11 is 0. The summed E-state index contributed by atoms with van der Waals surface area (Å²) in [6.07, 6.45) is 9.81. The van der Waals surface area contributed by atoms with E-state index < -0.39 is 0 Å². The van der Waals surface area contributed by atoms with Gasteiger partial charge in [-0.2, -0.15) is 0 Å². The van der Waals surface area contributed by atoms with E-state index in [1.807, 2.05) is 0 Å². The summed E-state index contributed by atoms with van der Waals surface area (Å²) in [5.41, 5.74) is 0. The predicted octanol–water partition coefficient (Wildman–Crippen LogP) is 2.82. The van der Waals surface area contributed by atoms with Crippen molar-refractivity contribution in [2.75, 3.05) is 40.8 Å². The van der Waals surface area contributed by atoms with E-state index in [0.29, 0.717) is 0 Å². The third kappa shape index (κ3) is 4.94. The zero-order valence-electron chi connectivity index (χ0n) is 14.8. The largest absolute Gasteiger partial charge is 0.317 e. The van der Waals surface area contributed by atoms with Gasteiger partial charge in [0.15, 0.2) is 0 Å². The Bertz CT molecular complexity index is 294. The lowest BCUT2D eigenvalue weighted by Gasteiger charge is -2.39. The molecular formula is C18H37N3. The van der Waals surface area contributed by atoms with Crippen molar-refractivity contribution in [1.82, 2.24) is 15.1 Å². The molecule has 0 radical (unpaired) electrons. The summed E-state index contributed by atoms with van der Waals surface area (Å²) in [7, 11) is 6.78. The Hall–Kier alpha value is -0.120. The maximum atomic E-state index is 3.59. The average Bonchev–Trinajstić information content (AvgIpc) is 2.85. The van der Waals surface area contributed by atoms with Crippen molar-refractivity contribution in [3.8, 4) is 0 Å². The smallest absolute Gasteiger partial charge is 0.0220 e. The zero-order chi connectivity index (χ0) is 15.2. The summed E-state index contributed by atoms with van der Waals surface area (Å²) < 4.78 is 0. The lowest BCUT2D eigenvalue weighted by Crippen LogP contribution is -2.46. The summed E-state index contributed by atoms with van der Waals surface area (Å²) in [5.74, 6) is 1.82. The van der Waals surface area contributed by atoms with Crippen molar-refractivity contribution in [3.05, 3.63) is 0 Å². The molecule has 4 unspecified atom stereocenters. The molecule has 4 atom stereocenters. The van der Waals surface area contributed by atoms with Gasteiger partial charge in [0, 0.05) is 25.2 Å². The molecule has 0 bridgehead atoms. The summed E-state index contributed by atoms with van der Waals surface area (Å²) in [6.45, 7) is 6.15. The first-order valence-electron chi connectivity index (χ1n) is 9.20. The second-order valence-electron chi connectivity index (χ2n) is 7.62. The summed E-state index contributed by atoms with van der Waals surface area (Å²) in [4.78, 5) is 5.16. The third-order valence-corrected chi connectivity index (χ3v) is 5.90. The molecule has 0 aromatic rings. The van der Waals surface area contributed by atoms with Crippen LogP contribution in [0.1, 0.15) is 51.9 Å². The fourth-order valence-corrected chi connectivity index (χ4v) is 4.66. The Morgan fingerprint density at radius 1 is 1.19 bits per heavy atom. The highest BCUT2D eigenvalue weighted by atomic mass is 15.2. The van der Waals surface area contributed by atoms with Crippen LogP contribution in [-0.2, 0) is 0 Å². The van der Waals surface area contributed by atoms with Gasteiger partial charge in [-0.1, -0.05) is 19.8 Å². The van der Waals surface area contributed by atoms with Crippen LogP contribution in [0.4, 0.5) is 0 Å². The van der Waals surface area contributed by atoms with Gasteiger partial charge in [0.1, 0.15) is 0 Å². The molecule has 0 aromatic heterocycles. The van der Waals surface area contributed by atoms with Crippen LogP contribution >= 0.6 is 0 Å². The van der Waals surface area contributed by atoms with E-state index in [-0.39, 0.29) is 0 Å². The van der Waals surface area contributed by atoms with Gasteiger partial charge in [0.2, 0.25) is 0 Å². The molecule has 0 amide bonds. The molecule has 2 aliphatic rings. The molecule has 1 saturated heterocycles. The van der Waals surface area contributed by atoms with Crippen molar-refractivity contribution >= 4 is 0 Å². The topological polar surface area (TPSA) is 18.5 Å². The fraction of sp³-hybridized carbons (Fsp3) is 1.00. The van der Waals surface area contributed by atoms with E-state index in [1.54, 1.807) is 0 Å². The van der Waals surface area contributed by atoms with Crippen LogP contribution in [0.25, 0.3) is 0 Å². The summed E-state index contributed by atoms with van der Waals surface area (Å²) in [6, 6.07) is 1.53. The first kappa shape index (κ1) is 17.2. The van der Waals surface area contributed by atoms with Crippen molar-refractivity contribution in [2.24, 2.45) is 11.8 Å². The highest BCUT2D eigenvalue weighted by Crippen LogP contribution is 2.32. The number of likely N-dealkylation sites (N-methyl/N-ethyl adjacent to an activating group) is 2. The Kier molecular flexibility index (Phi) is 6.97. The molecule has 1 heterocycles. The van der Waals surface area contributed by atoms with Crippen LogP contribution in [0, 0.1) is 11.8 Å². The Morgan fingerprint density at radius 2 is 2.00 bits per heavy atom. The number of likely N-dealkylation sites (tertiary alicyclic amines) is 1. The number of hydrogen-bond donors (Lipinski definition) is 1. The van der Waals surface area contributed by atoms with Gasteiger partial charge in [-0.3, -0.25) is 0 Å². The van der Waals surface area contributed by atoms with Crippen molar-refractivity contribution in [1.29, 1.82) is 0 Å². The molecule has 2 fully saturated rings. The number of nitrogens with zero attached hydrogens (tertiary/aromatic N) is 2. The monoisotopic (exact) mass is 295 g/mol. The molecule has 1 aliphatic carbocycles. The van der Waals surface area contributed by atoms with Gasteiger partial charge in [-0.15, -0.1) is 0 Å². The first-order chi connectivity index (χ1) is 10.1. The zero-order valence-corrected chi connectivity index (χ0v) is 14.8. The van der Waals surface area contributed by atoms with E-state index in [2.05, 4.69) is 43.2 Å². The van der Waals surface area contributed by atoms with Crippen LogP contribution in [0.2, 0.25) is 0 Å². The summed E-state index contributed by atoms with van der Waals surface area (Å²) in [5, 5.41) is 3.59. The first-order valence-corrected chi connectivity index (χ1v) is 9.20. The molecule has 21 heavy (non-hydrogen) atoms. The molecule has 124 valence electrons. The molecule has 3 heteroatoms. The van der Waals surface area contributed by atoms with E-state index in [4.69, 9.17) is 0 Å². The second kappa shape index (κ2) is 8.50. The number of rotatable bonds is 7. The standard InChI is InChI=1S/C18H37N3/c1-5-7-15-9-10-18(19-2)16(12-15)13-20(3)14-17-8-6-11-21(17)4/h15-19H,5-14H2,1-4H3. The Labute approximate surface area is 132 Å². The van der Waals surface area contributed by atoms with Gasteiger partial charge in [0.25, 0.3) is 0 Å². The van der Waals surface area contributed by atoms with Gasteiger partial charge in [-0.05, 0) is 71.6 Å². The van der Waals surface area contributed by atoms with E-state index >= 15 is 0 Å². The van der Waals surface area contributed by atoms with Crippen LogP contribution < -0.4 is 5.32 Å². The minimum absolute atomic E-state index is 0.738. The second-order valence-corrected chi connectivity index (χ2v) is 7.62. The Morgan fingerprint density at radius 3 is 2.62 bits per heavy atom. The molecule has 2 rings (SSSR count). The molecule has 1 aliphatic heterocycles. The quantitative estimate of drug-likeness (QED) is 0.779. The third-order valence-electron chi connectivity index (χ3n) is 5.90. The molecule has 3 nitrogen and oxygen atoms in total. The van der Waals surface area contributed by atoms with Crippen LogP contribution in [0.15, 0.2) is 0 Å². The normalized spacial score (nSPS) is 34.7. The van der Waals surface area contributed by atoms with Gasteiger partial charge < -0.3 is 15.1 Å². The van der Waals surface area contributed by atoms with Gasteiger partial charge in [0.05, 0.1) is 0 Å². The molecule has 0 aromatic carbocycles. The van der Waals surface area contributed by atoms with E-state index in [9.17, 15) is 0 Å². The maximum Gasteiger partial charge on any atom is 0.0220 e. The lowest BCUT2D eigenvalue weighted by atomic mass is 9.76. The molecule has 1 N–H and O–H groups in total. The fourth-order valence-electron chi connectivity index (χ4n) is 4.66. The maximum absolute atomic E-state index is 3.59. The molecule has 1 saturated carbocycles.